The summed E-state index contributed by atoms with van der Waals surface area (Å²) in [6.07, 6.45) is 4.82. The molecule has 4 heterocycles. The van der Waals surface area contributed by atoms with E-state index in [1.807, 2.05) is 0 Å². The monoisotopic (exact) mass is 626 g/mol. The van der Waals surface area contributed by atoms with Crippen molar-refractivity contribution in [1.29, 1.82) is 0 Å². The number of rotatable bonds is 9. The molecule has 7 N–H and O–H groups in total. The topological polar surface area (TPSA) is 244 Å². The van der Waals surface area contributed by atoms with E-state index >= 15 is 0 Å². The largest absolute Gasteiger partial charge is 0.469 e. The Balaban J connectivity index is 1.35. The molecule has 0 unspecified atom stereocenters. The lowest BCUT2D eigenvalue weighted by Crippen LogP contribution is -2.18. The molecule has 228 valence electrons. The number of hydrogen-bond acceptors (Lipinski definition) is 12. The van der Waals surface area contributed by atoms with Crippen molar-refractivity contribution in [1.82, 2.24) is 24.9 Å². The molecule has 1 aromatic carbocycles. The van der Waals surface area contributed by atoms with Gasteiger partial charge in [-0.25, -0.2) is 23.4 Å². The molecule has 0 radical (unpaired) electrons. The number of aromatic nitrogens is 5. The Morgan fingerprint density at radius 3 is 2.68 bits per heavy atom. The number of carbonyl (C=O) groups excluding carboxylic acids is 2. The Kier molecular flexibility index (Phi) is 8.12. The Morgan fingerprint density at radius 1 is 1.18 bits per heavy atom. The Hall–Kier alpha value is -5.22. The third-order valence-electron chi connectivity index (χ3n) is 6.46. The first kappa shape index (κ1) is 30.2. The molecule has 0 aliphatic rings. The summed E-state index contributed by atoms with van der Waals surface area (Å²) in [5.74, 6) is -1.15. The lowest BCUT2D eigenvalue weighted by Gasteiger charge is -2.13. The number of aryl methyl sites for hydroxylation is 1. The summed E-state index contributed by atoms with van der Waals surface area (Å²) in [4.78, 5) is 50.9. The number of fused-ring (bicyclic) bond motifs is 1. The van der Waals surface area contributed by atoms with Crippen LogP contribution in [0.4, 0.5) is 26.5 Å². The zero-order valence-corrected chi connectivity index (χ0v) is 23.9. The molecule has 0 bridgehead atoms. The third-order valence-corrected chi connectivity index (χ3v) is 6.92. The van der Waals surface area contributed by atoms with Crippen LogP contribution in [0, 0.1) is 12.7 Å². The number of benzene rings is 1. The number of nitrogens with one attached hydrogen (secondary N) is 1. The van der Waals surface area contributed by atoms with E-state index in [-0.39, 0.29) is 63.2 Å². The number of ketones is 1. The summed E-state index contributed by atoms with van der Waals surface area (Å²) in [7, 11) is -4.76. The highest BCUT2D eigenvalue weighted by Crippen LogP contribution is 2.39. The van der Waals surface area contributed by atoms with Crippen molar-refractivity contribution >= 4 is 48.0 Å². The first-order valence-electron chi connectivity index (χ1n) is 12.6. The maximum absolute atomic E-state index is 15.0. The Labute approximate surface area is 247 Å². The molecule has 0 atom stereocenters. The number of Topliss-reactive ketones (excluding diaryl/α,β-unsaturated/α-hetero) is 1. The average molecular weight is 626 g/mol. The van der Waals surface area contributed by atoms with Crippen molar-refractivity contribution in [3.63, 3.8) is 0 Å². The maximum Gasteiger partial charge on any atom is 0.469 e. The minimum absolute atomic E-state index is 0.00553. The van der Waals surface area contributed by atoms with Gasteiger partial charge in [-0.3, -0.25) is 19.6 Å². The summed E-state index contributed by atoms with van der Waals surface area (Å²) >= 11 is 0. The number of carbonyl (C=O) groups is 2. The fourth-order valence-electron chi connectivity index (χ4n) is 4.31. The first-order chi connectivity index (χ1) is 20.8. The highest BCUT2D eigenvalue weighted by atomic mass is 31.2. The number of amides is 1. The normalized spacial score (nSPS) is 11.6. The molecule has 0 saturated heterocycles. The summed E-state index contributed by atoms with van der Waals surface area (Å²) in [6, 6.07) is 3.90. The summed E-state index contributed by atoms with van der Waals surface area (Å²) in [6.45, 7) is 2.11. The van der Waals surface area contributed by atoms with Crippen LogP contribution in [0.1, 0.15) is 28.4 Å². The smallest absolute Gasteiger partial charge is 0.426 e. The van der Waals surface area contributed by atoms with Gasteiger partial charge in [0.05, 0.1) is 23.9 Å². The van der Waals surface area contributed by atoms with Gasteiger partial charge in [-0.05, 0) is 37.6 Å². The minimum Gasteiger partial charge on any atom is -0.426 e. The highest BCUT2D eigenvalue weighted by Gasteiger charge is 2.23. The second kappa shape index (κ2) is 11.8. The molecular formula is C26H24FN8O8P. The van der Waals surface area contributed by atoms with Crippen LogP contribution in [0.2, 0.25) is 0 Å². The van der Waals surface area contributed by atoms with Crippen LogP contribution < -0.4 is 16.8 Å². The molecule has 16 nitrogen and oxygen atoms in total. The number of phosphoric acid groups is 1. The van der Waals surface area contributed by atoms with Crippen molar-refractivity contribution in [2.45, 2.75) is 27.2 Å². The van der Waals surface area contributed by atoms with Crippen LogP contribution in [0.15, 0.2) is 47.5 Å². The Morgan fingerprint density at radius 2 is 1.95 bits per heavy atom. The molecule has 0 spiro atoms. The first-order valence-corrected chi connectivity index (χ1v) is 14.1. The van der Waals surface area contributed by atoms with E-state index in [4.69, 9.17) is 30.5 Å². The highest BCUT2D eigenvalue weighted by molar-refractivity contribution is 7.46. The average Bonchev–Trinajstić information content (AvgIpc) is 3.58. The number of phosphoric ester groups is 1. The standard InChI is InChI=1S/C26H24FN8O8P/c1-12-3-4-30-25(18(12)10-42-44(38,39)40)33-26(37)41-11-35-9-14(7-32-35)17-8-31-22(21-23(17)43-34-24(21)29)16-5-15(13(2)36)20(28)6-19(16)27/h3-9H,10-11,28H2,1-2H3,(H2,29,34)(H,30,33,37)(H2,38,39,40). The van der Waals surface area contributed by atoms with Gasteiger partial charge in [-0.15, -0.1) is 0 Å². The van der Waals surface area contributed by atoms with E-state index in [1.165, 1.54) is 42.5 Å². The van der Waals surface area contributed by atoms with Gasteiger partial charge in [0.2, 0.25) is 0 Å². The minimum atomic E-state index is -4.76. The molecule has 5 rings (SSSR count). The van der Waals surface area contributed by atoms with Gasteiger partial charge in [-0.1, -0.05) is 5.16 Å². The van der Waals surface area contributed by atoms with E-state index in [1.54, 1.807) is 13.0 Å². The van der Waals surface area contributed by atoms with E-state index in [2.05, 4.69) is 30.1 Å². The molecular weight excluding hydrogens is 602 g/mol. The lowest BCUT2D eigenvalue weighted by molar-refractivity contribution is 0.101. The van der Waals surface area contributed by atoms with Gasteiger partial charge < -0.3 is 30.5 Å². The molecule has 4 aromatic heterocycles. The van der Waals surface area contributed by atoms with Gasteiger partial charge in [0, 0.05) is 52.1 Å². The zero-order valence-electron chi connectivity index (χ0n) is 23.0. The van der Waals surface area contributed by atoms with Crippen molar-refractivity contribution in [2.75, 3.05) is 16.8 Å². The predicted molar refractivity (Wildman–Crippen MR) is 153 cm³/mol. The zero-order chi connectivity index (χ0) is 31.8. The molecule has 5 aromatic rings. The quantitative estimate of drug-likeness (QED) is 0.0888. The maximum atomic E-state index is 15.0. The number of anilines is 3. The number of halogens is 1. The van der Waals surface area contributed by atoms with E-state index in [9.17, 15) is 18.5 Å². The third kappa shape index (κ3) is 6.25. The number of hydrogen-bond donors (Lipinski definition) is 5. The van der Waals surface area contributed by atoms with E-state index in [0.29, 0.717) is 16.7 Å². The van der Waals surface area contributed by atoms with Gasteiger partial charge >= 0.3 is 13.9 Å². The van der Waals surface area contributed by atoms with Crippen LogP contribution in [0.25, 0.3) is 33.4 Å². The van der Waals surface area contributed by atoms with E-state index < -0.39 is 26.3 Å². The van der Waals surface area contributed by atoms with Crippen LogP contribution in [-0.2, 0) is 27.2 Å². The number of pyridine rings is 2. The number of ether oxygens (including phenoxy) is 1. The van der Waals surface area contributed by atoms with Crippen LogP contribution in [0.3, 0.4) is 0 Å². The number of nitrogens with two attached hydrogens (primary N) is 2. The second-order valence-corrected chi connectivity index (χ2v) is 10.7. The summed E-state index contributed by atoms with van der Waals surface area (Å²) < 4.78 is 42.6. The molecule has 0 saturated carbocycles. The Bertz CT molecular complexity index is 1970. The van der Waals surface area contributed by atoms with Gasteiger partial charge in [0.15, 0.2) is 23.9 Å². The van der Waals surface area contributed by atoms with Crippen LogP contribution in [-0.4, -0.2) is 46.6 Å². The number of nitrogen functional groups attached to an aromatic ring is 2. The van der Waals surface area contributed by atoms with Crippen molar-refractivity contribution in [2.24, 2.45) is 0 Å². The SMILES string of the molecule is CC(=O)c1cc(-c2ncc(-c3cnn(COC(=O)Nc4nccc(C)c4COP(=O)(O)O)c3)c3onc(N)c23)c(F)cc1N. The van der Waals surface area contributed by atoms with Crippen molar-refractivity contribution in [3.8, 4) is 22.4 Å². The van der Waals surface area contributed by atoms with E-state index in [0.717, 1.165) is 6.07 Å². The fourth-order valence-corrected chi connectivity index (χ4v) is 4.61. The lowest BCUT2D eigenvalue weighted by atomic mass is 9.99. The summed E-state index contributed by atoms with van der Waals surface area (Å²) in [5, 5.41) is 10.6. The van der Waals surface area contributed by atoms with Crippen LogP contribution in [0.5, 0.6) is 0 Å². The molecule has 44 heavy (non-hydrogen) atoms. The molecule has 0 fully saturated rings. The molecule has 0 aliphatic carbocycles. The van der Waals surface area contributed by atoms with Crippen LogP contribution >= 0.6 is 7.82 Å². The van der Waals surface area contributed by atoms with Crippen molar-refractivity contribution in [3.05, 3.63) is 65.5 Å². The molecule has 18 heteroatoms. The second-order valence-electron chi connectivity index (χ2n) is 9.44. The number of nitrogens with zero attached hydrogens (tertiary/aromatic N) is 5. The molecule has 1 amide bonds. The van der Waals surface area contributed by atoms with Gasteiger partial charge in [0.1, 0.15) is 11.6 Å². The fraction of sp³-hybridized carbons (Fsp3) is 0.154. The summed E-state index contributed by atoms with van der Waals surface area (Å²) in [5.41, 5.74) is 13.9. The molecule has 0 aliphatic heterocycles. The van der Waals surface area contributed by atoms with Gasteiger partial charge in [0.25, 0.3) is 0 Å². The van der Waals surface area contributed by atoms with Gasteiger partial charge in [-0.2, -0.15) is 5.10 Å². The van der Waals surface area contributed by atoms with Crippen molar-refractivity contribution < 1.29 is 42.1 Å². The predicted octanol–water partition coefficient (Wildman–Crippen LogP) is 3.78.